The van der Waals surface area contributed by atoms with E-state index >= 15 is 0 Å². The van der Waals surface area contributed by atoms with Gasteiger partial charge in [0.25, 0.3) is 5.56 Å². The van der Waals surface area contributed by atoms with E-state index < -0.39 is 94.7 Å². The first-order valence-corrected chi connectivity index (χ1v) is 24.3. The Labute approximate surface area is 418 Å². The summed E-state index contributed by atoms with van der Waals surface area (Å²) in [5.41, 5.74) is 5.95. The number of nitrogens with two attached hydrogens (primary N) is 1. The second-order valence-corrected chi connectivity index (χ2v) is 18.6. The number of nitrogens with zero attached hydrogens (tertiary/aromatic N) is 3. The lowest BCUT2D eigenvalue weighted by Crippen LogP contribution is -2.56. The minimum Gasteiger partial charge on any atom is -0.458 e. The molecule has 1 aromatic carbocycles. The van der Waals surface area contributed by atoms with Crippen LogP contribution >= 0.6 is 0 Å². The number of cyclic esters (lactones) is 1. The summed E-state index contributed by atoms with van der Waals surface area (Å²) in [6, 6.07) is 2.87. The second-order valence-electron chi connectivity index (χ2n) is 18.6. The summed E-state index contributed by atoms with van der Waals surface area (Å²) < 4.78 is 23.4. The lowest BCUT2D eigenvalue weighted by Gasteiger charge is -2.31. The van der Waals surface area contributed by atoms with Crippen LogP contribution in [0.1, 0.15) is 94.9 Å². The molecule has 4 aliphatic rings. The summed E-state index contributed by atoms with van der Waals surface area (Å²) in [4.78, 5) is 135. The largest absolute Gasteiger partial charge is 0.458 e. The van der Waals surface area contributed by atoms with Crippen molar-refractivity contribution < 1.29 is 67.2 Å². The van der Waals surface area contributed by atoms with E-state index in [9.17, 15) is 53.1 Å². The fourth-order valence-corrected chi connectivity index (χ4v) is 9.16. The van der Waals surface area contributed by atoms with Crippen molar-refractivity contribution in [2.24, 2.45) is 17.6 Å². The second kappa shape index (κ2) is 23.1. The van der Waals surface area contributed by atoms with Gasteiger partial charge in [-0.15, -0.1) is 0 Å². The Balaban J connectivity index is 0.925. The van der Waals surface area contributed by atoms with Crippen LogP contribution in [-0.4, -0.2) is 131 Å². The third-order valence-electron chi connectivity index (χ3n) is 13.4. The average Bonchev–Trinajstić information content (AvgIpc) is 4.06. The Kier molecular flexibility index (Phi) is 16.9. The van der Waals surface area contributed by atoms with Crippen LogP contribution in [0.2, 0.25) is 0 Å². The Morgan fingerprint density at radius 3 is 2.36 bits per heavy atom. The number of carbonyl (C=O) groups is 9. The lowest BCUT2D eigenvalue weighted by atomic mass is 9.86. The average molecular weight is 1020 g/mol. The SMILES string of the molecule is CC[C@@]1(O)C(=O)OCc2c1cc1n(c2=O)Cc2c-1nc1cc3c(cc1c2CNC(=O)CNC(=O)[C@H](CCCCN)NC(=O)[C@@H](NC(=O)CCOCCNC(=O)CCN1C(=O)CC(C(C)=O)C1=O)C(C)C)OCO3. The number of carbonyl (C=O) groups excluding carboxylic acids is 9. The van der Waals surface area contributed by atoms with Crippen LogP contribution in [-0.2, 0) is 77.9 Å². The summed E-state index contributed by atoms with van der Waals surface area (Å²) >= 11 is 0. The van der Waals surface area contributed by atoms with Crippen LogP contribution in [0.25, 0.3) is 22.3 Å². The number of aromatic nitrogens is 2. The van der Waals surface area contributed by atoms with Crippen molar-refractivity contribution in [1.82, 2.24) is 41.0 Å². The molecule has 4 atom stereocenters. The molecule has 7 rings (SSSR count). The highest BCUT2D eigenvalue weighted by Crippen LogP contribution is 2.43. The number of nitrogens with one attached hydrogen (secondary N) is 5. The number of fused-ring (bicyclic) bond motifs is 6. The predicted octanol–water partition coefficient (Wildman–Crippen LogP) is -0.828. The quantitative estimate of drug-likeness (QED) is 0.0195. The van der Waals surface area contributed by atoms with Gasteiger partial charge in [0.05, 0.1) is 48.8 Å². The number of hydrogen-bond acceptors (Lipinski definition) is 17. The van der Waals surface area contributed by atoms with E-state index in [1.54, 1.807) is 39.0 Å². The molecule has 73 heavy (non-hydrogen) atoms. The van der Waals surface area contributed by atoms with Crippen LogP contribution < -0.4 is 47.4 Å². The molecule has 2 aromatic heterocycles. The van der Waals surface area contributed by atoms with Crippen molar-refractivity contribution in [3.05, 3.63) is 50.8 Å². The maximum atomic E-state index is 13.9. The first-order valence-electron chi connectivity index (χ1n) is 24.3. The number of hydrogen-bond donors (Lipinski definition) is 7. The van der Waals surface area contributed by atoms with Gasteiger partial charge < -0.3 is 60.9 Å². The molecule has 7 amide bonds. The molecular formula is C49H61N9O15. The van der Waals surface area contributed by atoms with Crippen molar-refractivity contribution in [2.45, 2.75) is 110 Å². The molecule has 6 heterocycles. The van der Waals surface area contributed by atoms with E-state index in [4.69, 9.17) is 29.7 Å². The zero-order valence-electron chi connectivity index (χ0n) is 41.1. The monoisotopic (exact) mass is 1020 g/mol. The normalized spacial score (nSPS) is 18.2. The van der Waals surface area contributed by atoms with Crippen LogP contribution in [0.5, 0.6) is 11.5 Å². The number of benzene rings is 1. The molecule has 0 radical (unpaired) electrons. The number of amides is 7. The van der Waals surface area contributed by atoms with Crippen LogP contribution in [0.15, 0.2) is 23.0 Å². The maximum absolute atomic E-state index is 13.9. The Morgan fingerprint density at radius 2 is 1.66 bits per heavy atom. The molecule has 0 saturated carbocycles. The number of ketones is 1. The number of aliphatic hydroxyl groups is 1. The van der Waals surface area contributed by atoms with Crippen molar-refractivity contribution >= 4 is 64.0 Å². The van der Waals surface area contributed by atoms with Gasteiger partial charge >= 0.3 is 5.97 Å². The maximum Gasteiger partial charge on any atom is 0.343 e. The van der Waals surface area contributed by atoms with Crippen LogP contribution in [0.3, 0.4) is 0 Å². The number of unbranched alkanes of at least 4 members (excludes halogenated alkanes) is 1. The molecular weight excluding hydrogens is 955 g/mol. The van der Waals surface area contributed by atoms with Crippen molar-refractivity contribution in [1.29, 1.82) is 0 Å². The molecule has 24 nitrogen and oxygen atoms in total. The minimum absolute atomic E-state index is 0.0123. The standard InChI is InChI=1S/C49H61N9O15/c1-5-49(69)32-18-35-43-30(22-58(35)47(67)31(32)23-71-48(49)68)29(28-16-36-37(73-24-72-36)19-34(28)54-43)20-52-40(62)21-53-44(64)33(8-6-7-11-50)55-45(65)42(25(2)3)56-39(61)10-14-70-15-12-51-38(60)9-13-57-41(63)17-27(26(4)59)46(57)66/h16,18-19,25,27,33,42,69H,5-15,17,20-24,50H2,1-4H3,(H,51,60)(H,52,62)(H,53,64)(H,55,65)(H,56,61)/t27?,33-,42-,49-/m0/s1. The number of likely N-dealkylation sites (tertiary alicyclic amines) is 1. The molecule has 0 spiro atoms. The minimum atomic E-state index is -2.03. The summed E-state index contributed by atoms with van der Waals surface area (Å²) in [5.74, 6) is -5.70. The summed E-state index contributed by atoms with van der Waals surface area (Å²) in [7, 11) is 0. The number of pyridine rings is 2. The molecule has 0 aliphatic carbocycles. The molecule has 3 aromatic rings. The van der Waals surface area contributed by atoms with Crippen molar-refractivity contribution in [3.8, 4) is 22.9 Å². The van der Waals surface area contributed by atoms with Gasteiger partial charge in [-0.25, -0.2) is 9.78 Å². The van der Waals surface area contributed by atoms with Gasteiger partial charge in [0.2, 0.25) is 48.1 Å². The van der Waals surface area contributed by atoms with Crippen LogP contribution in [0, 0.1) is 11.8 Å². The molecule has 24 heteroatoms. The fourth-order valence-electron chi connectivity index (χ4n) is 9.16. The zero-order chi connectivity index (χ0) is 52.7. The third kappa shape index (κ3) is 11.7. The zero-order valence-corrected chi connectivity index (χ0v) is 41.1. The number of esters is 1. The third-order valence-corrected chi connectivity index (χ3v) is 13.4. The van der Waals surface area contributed by atoms with E-state index in [-0.39, 0.29) is 96.0 Å². The molecule has 392 valence electrons. The van der Waals surface area contributed by atoms with Gasteiger partial charge in [0, 0.05) is 61.5 Å². The first-order chi connectivity index (χ1) is 34.9. The van der Waals surface area contributed by atoms with E-state index in [0.29, 0.717) is 64.3 Å². The van der Waals surface area contributed by atoms with E-state index in [1.165, 1.54) is 11.5 Å². The Bertz CT molecular complexity index is 2790. The lowest BCUT2D eigenvalue weighted by molar-refractivity contribution is -0.172. The number of Topliss-reactive ketones (excluding diaryl/α,β-unsaturated/α-hetero) is 1. The van der Waals surface area contributed by atoms with Gasteiger partial charge in [-0.05, 0) is 62.8 Å². The van der Waals surface area contributed by atoms with E-state index in [0.717, 1.165) is 4.90 Å². The molecule has 0 bridgehead atoms. The number of rotatable bonds is 24. The topological polar surface area (TPSA) is 335 Å². The van der Waals surface area contributed by atoms with Crippen LogP contribution in [0.4, 0.5) is 0 Å². The molecule has 1 unspecified atom stereocenters. The first kappa shape index (κ1) is 53.5. The fraction of sp³-hybridized carbons (Fsp3) is 0.531. The highest BCUT2D eigenvalue weighted by atomic mass is 16.7. The molecule has 1 saturated heterocycles. The van der Waals surface area contributed by atoms with Crippen molar-refractivity contribution in [3.63, 3.8) is 0 Å². The summed E-state index contributed by atoms with van der Waals surface area (Å²) in [6.45, 7) is 5.72. The Morgan fingerprint density at radius 1 is 0.904 bits per heavy atom. The molecule has 8 N–H and O–H groups in total. The summed E-state index contributed by atoms with van der Waals surface area (Å²) in [5, 5.41) is 25.4. The van der Waals surface area contributed by atoms with Gasteiger partial charge in [0.15, 0.2) is 17.1 Å². The predicted molar refractivity (Wildman–Crippen MR) is 256 cm³/mol. The summed E-state index contributed by atoms with van der Waals surface area (Å²) in [6.07, 6.45) is 0.666. The number of imide groups is 1. The van der Waals surface area contributed by atoms with Gasteiger partial charge in [-0.2, -0.15) is 0 Å². The highest BCUT2D eigenvalue weighted by molar-refractivity contribution is 6.13. The van der Waals surface area contributed by atoms with E-state index in [2.05, 4.69) is 26.6 Å². The van der Waals surface area contributed by atoms with Gasteiger partial charge in [-0.3, -0.25) is 48.1 Å². The Hall–Kier alpha value is -7.31. The molecule has 4 aliphatic heterocycles. The van der Waals surface area contributed by atoms with Crippen molar-refractivity contribution in [2.75, 3.05) is 46.2 Å². The van der Waals surface area contributed by atoms with Gasteiger partial charge in [0.1, 0.15) is 30.4 Å². The molecule has 1 fully saturated rings. The number of ether oxygens (including phenoxy) is 4. The smallest absolute Gasteiger partial charge is 0.343 e. The van der Waals surface area contributed by atoms with Gasteiger partial charge in [-0.1, -0.05) is 20.8 Å². The highest BCUT2D eigenvalue weighted by Gasteiger charge is 2.46. The van der Waals surface area contributed by atoms with E-state index in [1.807, 2.05) is 0 Å².